The molecule has 0 atom stereocenters. The third kappa shape index (κ3) is 5.97. The number of aromatic amines is 1. The number of fused-ring (bicyclic) bond motifs is 1. The van der Waals surface area contributed by atoms with Crippen molar-refractivity contribution in [2.45, 2.75) is 0 Å². The number of benzene rings is 1. The van der Waals surface area contributed by atoms with Gasteiger partial charge in [0.25, 0.3) is 0 Å². The van der Waals surface area contributed by atoms with Gasteiger partial charge in [-0.3, -0.25) is 4.79 Å². The zero-order chi connectivity index (χ0) is 12.1. The predicted molar refractivity (Wildman–Crippen MR) is 69.1 cm³/mol. The van der Waals surface area contributed by atoms with Crippen LogP contribution in [0.4, 0.5) is 4.79 Å². The second kappa shape index (κ2) is 8.22. The van der Waals surface area contributed by atoms with E-state index in [1.807, 2.05) is 24.3 Å². The number of rotatable bonds is 0. The van der Waals surface area contributed by atoms with Crippen LogP contribution in [0.1, 0.15) is 1.43 Å². The van der Waals surface area contributed by atoms with Crippen molar-refractivity contribution < 1.29 is 67.8 Å². The number of H-pyrrole nitrogens is 1. The first kappa shape index (κ1) is 17.1. The summed E-state index contributed by atoms with van der Waals surface area (Å²) in [5.41, 5.74) is 0.975. The summed E-state index contributed by atoms with van der Waals surface area (Å²) in [5.74, 6) is 0. The monoisotopic (exact) mass is 373 g/mol. The summed E-state index contributed by atoms with van der Waals surface area (Å²) in [6.07, 6.45) is -1.83. The van der Waals surface area contributed by atoms with Gasteiger partial charge in [-0.05, 0) is 34.7 Å². The Morgan fingerprint density at radius 2 is 1.82 bits per heavy atom. The molecule has 0 saturated carbocycles. The van der Waals surface area contributed by atoms with Crippen LogP contribution in [0.5, 0.6) is 0 Å². The normalized spacial score (nSPS) is 8.76. The van der Waals surface area contributed by atoms with Gasteiger partial charge in [0, 0.05) is 11.5 Å². The molecule has 0 aliphatic carbocycles. The standard InChI is InChI=1S/C9H6INO.CH2O3.K.H/c10-9-5-8(12)6-3-1-2-4-7(6)11-9;2-1(3)4;;/h1-5H,(H,11,12);(H2,2,3,4);;/q;;+1;-1. The average Bonchev–Trinajstić information content (AvgIpc) is 2.16. The van der Waals surface area contributed by atoms with Crippen LogP contribution in [-0.4, -0.2) is 21.4 Å². The number of hydrogen-bond donors (Lipinski definition) is 3. The maximum atomic E-state index is 11.4. The van der Waals surface area contributed by atoms with Crippen molar-refractivity contribution in [2.24, 2.45) is 0 Å². The molecule has 86 valence electrons. The number of halogens is 1. The molecule has 0 aliphatic heterocycles. The van der Waals surface area contributed by atoms with Gasteiger partial charge in [0.05, 0.1) is 9.22 Å². The predicted octanol–water partition coefficient (Wildman–Crippen LogP) is -0.528. The van der Waals surface area contributed by atoms with E-state index < -0.39 is 6.16 Å². The fraction of sp³-hybridized carbons (Fsp3) is 0. The molecule has 1 aromatic carbocycles. The summed E-state index contributed by atoms with van der Waals surface area (Å²) in [6.45, 7) is 0. The second-order valence-electron chi connectivity index (χ2n) is 2.81. The maximum Gasteiger partial charge on any atom is 1.00 e. The summed E-state index contributed by atoms with van der Waals surface area (Å²) in [4.78, 5) is 23.0. The second-order valence-corrected chi connectivity index (χ2v) is 3.97. The molecule has 7 heteroatoms. The Labute approximate surface area is 154 Å². The van der Waals surface area contributed by atoms with E-state index in [-0.39, 0.29) is 58.2 Å². The topological polar surface area (TPSA) is 90.4 Å². The molecule has 1 aromatic heterocycles. The molecular weight excluding hydrogens is 364 g/mol. The minimum Gasteiger partial charge on any atom is -1.00 e. The number of pyridine rings is 1. The molecule has 0 spiro atoms. The van der Waals surface area contributed by atoms with Crippen LogP contribution in [0.25, 0.3) is 10.9 Å². The zero-order valence-corrected chi connectivity index (χ0v) is 14.3. The van der Waals surface area contributed by atoms with Crippen molar-refractivity contribution in [2.75, 3.05) is 0 Å². The van der Waals surface area contributed by atoms with Gasteiger partial charge >= 0.3 is 57.5 Å². The number of aromatic nitrogens is 1. The van der Waals surface area contributed by atoms with E-state index in [1.165, 1.54) is 0 Å². The molecule has 0 unspecified atom stereocenters. The number of nitrogens with one attached hydrogen (secondary N) is 1. The van der Waals surface area contributed by atoms with Crippen LogP contribution in [-0.2, 0) is 0 Å². The fourth-order valence-corrected chi connectivity index (χ4v) is 1.74. The molecule has 2 rings (SSSR count). The summed E-state index contributed by atoms with van der Waals surface area (Å²) < 4.78 is 0.872. The Hall–Kier alpha value is 0.0664. The summed E-state index contributed by atoms with van der Waals surface area (Å²) >= 11 is 2.10. The molecule has 0 fully saturated rings. The van der Waals surface area contributed by atoms with Crippen molar-refractivity contribution in [3.8, 4) is 0 Å². The summed E-state index contributed by atoms with van der Waals surface area (Å²) in [5, 5.41) is 14.7. The molecule has 5 nitrogen and oxygen atoms in total. The van der Waals surface area contributed by atoms with Crippen molar-refractivity contribution in [3.63, 3.8) is 0 Å². The number of para-hydroxylation sites is 1. The molecule has 0 aliphatic rings. The maximum absolute atomic E-state index is 11.4. The Bertz CT molecular complexity index is 571. The molecular formula is C10H9IKNO4. The van der Waals surface area contributed by atoms with Gasteiger partial charge in [-0.15, -0.1) is 0 Å². The summed E-state index contributed by atoms with van der Waals surface area (Å²) in [7, 11) is 0. The van der Waals surface area contributed by atoms with E-state index in [0.717, 1.165) is 14.6 Å². The Morgan fingerprint density at radius 3 is 2.41 bits per heavy atom. The number of carbonyl (C=O) groups is 1. The summed E-state index contributed by atoms with van der Waals surface area (Å²) in [6, 6.07) is 9.10. The molecule has 0 saturated heterocycles. The Kier molecular flexibility index (Phi) is 8.25. The van der Waals surface area contributed by atoms with E-state index in [4.69, 9.17) is 15.0 Å². The molecule has 0 amide bonds. The van der Waals surface area contributed by atoms with Gasteiger partial charge in [-0.1, -0.05) is 12.1 Å². The van der Waals surface area contributed by atoms with Crippen molar-refractivity contribution in [3.05, 3.63) is 44.3 Å². The number of carboxylic acid groups (broad SMARTS) is 2. The van der Waals surface area contributed by atoms with E-state index in [9.17, 15) is 4.79 Å². The third-order valence-electron chi connectivity index (χ3n) is 1.70. The van der Waals surface area contributed by atoms with Crippen molar-refractivity contribution >= 4 is 39.6 Å². The van der Waals surface area contributed by atoms with Crippen LogP contribution in [0.15, 0.2) is 35.1 Å². The largest absolute Gasteiger partial charge is 1.00 e. The number of hydrogen-bond acceptors (Lipinski definition) is 2. The van der Waals surface area contributed by atoms with Crippen LogP contribution in [0.2, 0.25) is 0 Å². The van der Waals surface area contributed by atoms with E-state index in [2.05, 4.69) is 27.6 Å². The van der Waals surface area contributed by atoms with Crippen LogP contribution < -0.4 is 56.8 Å². The smallest absolute Gasteiger partial charge is 1.00 e. The van der Waals surface area contributed by atoms with Gasteiger partial charge in [0.2, 0.25) is 0 Å². The van der Waals surface area contributed by atoms with Crippen LogP contribution in [0.3, 0.4) is 0 Å². The third-order valence-corrected chi connectivity index (χ3v) is 2.29. The molecule has 17 heavy (non-hydrogen) atoms. The average molecular weight is 373 g/mol. The van der Waals surface area contributed by atoms with Gasteiger partial charge in [0.1, 0.15) is 0 Å². The van der Waals surface area contributed by atoms with E-state index >= 15 is 0 Å². The van der Waals surface area contributed by atoms with Crippen molar-refractivity contribution in [1.82, 2.24) is 4.98 Å². The molecule has 0 radical (unpaired) electrons. The molecule has 2 aromatic rings. The first-order valence-electron chi connectivity index (χ1n) is 4.20. The first-order valence-corrected chi connectivity index (χ1v) is 5.28. The molecule has 0 bridgehead atoms. The van der Waals surface area contributed by atoms with Gasteiger partial charge in [0.15, 0.2) is 5.43 Å². The minimum atomic E-state index is -1.83. The Morgan fingerprint density at radius 1 is 1.29 bits per heavy atom. The van der Waals surface area contributed by atoms with Gasteiger partial charge in [-0.25, -0.2) is 4.79 Å². The quantitative estimate of drug-likeness (QED) is 0.329. The van der Waals surface area contributed by atoms with E-state index in [1.54, 1.807) is 6.07 Å². The molecule has 1 heterocycles. The first-order chi connectivity index (χ1) is 7.50. The minimum absolute atomic E-state index is 0. The van der Waals surface area contributed by atoms with Gasteiger partial charge < -0.3 is 16.6 Å². The van der Waals surface area contributed by atoms with Crippen LogP contribution in [0, 0.1) is 3.70 Å². The zero-order valence-electron chi connectivity index (χ0n) is 9.98. The molecule has 3 N–H and O–H groups in total. The van der Waals surface area contributed by atoms with Crippen molar-refractivity contribution in [1.29, 1.82) is 0 Å². The fourth-order valence-electron chi connectivity index (χ4n) is 1.16. The Balaban J connectivity index is 0. The van der Waals surface area contributed by atoms with E-state index in [0.29, 0.717) is 0 Å². The SMILES string of the molecule is O=C(O)O.O=c1cc(I)[nH]c2ccccc12.[H-].[K+]. The van der Waals surface area contributed by atoms with Gasteiger partial charge in [-0.2, -0.15) is 0 Å². The van der Waals surface area contributed by atoms with Crippen LogP contribution >= 0.6 is 22.6 Å².